The Morgan fingerprint density at radius 3 is 2.59 bits per heavy atom. The summed E-state index contributed by atoms with van der Waals surface area (Å²) in [6.07, 6.45) is 8.83. The zero-order chi connectivity index (χ0) is 27.1. The van der Waals surface area contributed by atoms with E-state index in [-0.39, 0.29) is 29.7 Å². The van der Waals surface area contributed by atoms with E-state index in [4.69, 9.17) is 4.98 Å². The van der Waals surface area contributed by atoms with Crippen LogP contribution in [0.4, 0.5) is 5.95 Å². The number of carbonyl (C=O) groups is 1. The number of carboxylic acid groups (broad SMARTS) is 1. The van der Waals surface area contributed by atoms with Gasteiger partial charge in [0.05, 0.1) is 12.0 Å². The largest absolute Gasteiger partial charge is 0.481 e. The summed E-state index contributed by atoms with van der Waals surface area (Å²) in [5.41, 5.74) is 1.65. The third-order valence-electron chi connectivity index (χ3n) is 9.16. The monoisotopic (exact) mass is 533 g/mol. The molecule has 3 aliphatic rings. The molecule has 2 aliphatic carbocycles. The molecule has 3 aromatic rings. The molecule has 3 heterocycles. The molecule has 1 aliphatic heterocycles. The van der Waals surface area contributed by atoms with E-state index in [0.717, 1.165) is 48.8 Å². The van der Waals surface area contributed by atoms with Crippen LogP contribution in [0.1, 0.15) is 69.9 Å². The van der Waals surface area contributed by atoms with Gasteiger partial charge in [0, 0.05) is 35.6 Å². The summed E-state index contributed by atoms with van der Waals surface area (Å²) in [6.45, 7) is 4.63. The maximum atomic E-state index is 14.1. The number of benzene rings is 1. The van der Waals surface area contributed by atoms with E-state index in [0.29, 0.717) is 55.0 Å². The maximum Gasteiger partial charge on any atom is 0.306 e. The van der Waals surface area contributed by atoms with Crippen LogP contribution in [0.2, 0.25) is 0 Å². The van der Waals surface area contributed by atoms with Gasteiger partial charge in [0.1, 0.15) is 5.65 Å². The Hall–Kier alpha value is -3.04. The Balaban J connectivity index is 1.40. The molecule has 0 amide bonds. The summed E-state index contributed by atoms with van der Waals surface area (Å²) in [6, 6.07) is 6.20. The van der Waals surface area contributed by atoms with Gasteiger partial charge >= 0.3 is 5.97 Å². The first kappa shape index (κ1) is 26.2. The van der Waals surface area contributed by atoms with E-state index in [1.54, 1.807) is 0 Å². The number of aromatic nitrogens is 3. The van der Waals surface area contributed by atoms with E-state index < -0.39 is 5.97 Å². The number of rotatable bonds is 8. The molecule has 1 saturated heterocycles. The number of pyridine rings is 1. The number of likely N-dealkylation sites (tertiary alicyclic amines) is 1. The van der Waals surface area contributed by atoms with Gasteiger partial charge in [0.2, 0.25) is 5.95 Å². The van der Waals surface area contributed by atoms with E-state index in [9.17, 15) is 19.8 Å². The standard InChI is InChI=1S/C30H39N5O4/c1-2-34-12-11-20(29(38)39)15-22(34)13-19-5-10-24-25(14-19)28(37)35(21-6-8-23(36)9-7-21)27-26(24)17-32-30(33-27)31-16-18-3-4-18/h5,10,14,17-18,20-23,36H,2-4,6-9,11-13,15-16H2,1H3,(H,38,39)(H,31,32,33)/t20-,21?,22+,23?/m0/s1. The Bertz CT molecular complexity index is 1430. The van der Waals surface area contributed by atoms with Crippen molar-refractivity contribution in [1.29, 1.82) is 0 Å². The average molecular weight is 534 g/mol. The van der Waals surface area contributed by atoms with Gasteiger partial charge < -0.3 is 20.4 Å². The molecule has 2 atom stereocenters. The highest BCUT2D eigenvalue weighted by Gasteiger charge is 2.32. The van der Waals surface area contributed by atoms with Crippen molar-refractivity contribution in [2.45, 2.75) is 82.9 Å². The molecule has 39 heavy (non-hydrogen) atoms. The second kappa shape index (κ2) is 10.8. The van der Waals surface area contributed by atoms with Crippen LogP contribution in [0.25, 0.3) is 21.8 Å². The van der Waals surface area contributed by atoms with Gasteiger partial charge in [-0.05, 0) is 93.8 Å². The molecule has 3 fully saturated rings. The lowest BCUT2D eigenvalue weighted by Crippen LogP contribution is -2.45. The minimum absolute atomic E-state index is 0.0205. The fourth-order valence-electron chi connectivity index (χ4n) is 6.63. The highest BCUT2D eigenvalue weighted by Crippen LogP contribution is 2.33. The highest BCUT2D eigenvalue weighted by molar-refractivity contribution is 6.04. The number of aliphatic hydroxyl groups is 1. The minimum atomic E-state index is -0.716. The van der Waals surface area contributed by atoms with Crippen LogP contribution in [-0.2, 0) is 11.2 Å². The van der Waals surface area contributed by atoms with Crippen LogP contribution in [0, 0.1) is 11.8 Å². The van der Waals surface area contributed by atoms with Crippen molar-refractivity contribution >= 4 is 33.7 Å². The molecule has 3 N–H and O–H groups in total. The number of nitrogens with zero attached hydrogens (tertiary/aromatic N) is 4. The second-order valence-corrected chi connectivity index (χ2v) is 11.8. The number of hydrogen-bond donors (Lipinski definition) is 3. The first-order valence-electron chi connectivity index (χ1n) is 14.6. The fourth-order valence-corrected chi connectivity index (χ4v) is 6.63. The summed E-state index contributed by atoms with van der Waals surface area (Å²) in [7, 11) is 0. The normalized spacial score (nSPS) is 26.2. The van der Waals surface area contributed by atoms with E-state index in [1.807, 2.05) is 22.9 Å². The zero-order valence-corrected chi connectivity index (χ0v) is 22.7. The van der Waals surface area contributed by atoms with Crippen LogP contribution < -0.4 is 10.9 Å². The molecule has 6 rings (SSSR count). The lowest BCUT2D eigenvalue weighted by molar-refractivity contribution is -0.144. The number of anilines is 1. The summed E-state index contributed by atoms with van der Waals surface area (Å²) in [4.78, 5) is 37.7. The fraction of sp³-hybridized carbons (Fsp3) is 0.600. The Morgan fingerprint density at radius 1 is 1.08 bits per heavy atom. The molecule has 9 nitrogen and oxygen atoms in total. The summed E-state index contributed by atoms with van der Waals surface area (Å²) in [5, 5.41) is 25.5. The van der Waals surface area contributed by atoms with Crippen LogP contribution in [0.5, 0.6) is 0 Å². The lowest BCUT2D eigenvalue weighted by atomic mass is 9.87. The quantitative estimate of drug-likeness (QED) is 0.372. The smallest absolute Gasteiger partial charge is 0.306 e. The number of fused-ring (bicyclic) bond motifs is 3. The third-order valence-corrected chi connectivity index (χ3v) is 9.16. The van der Waals surface area contributed by atoms with Gasteiger partial charge in [-0.15, -0.1) is 0 Å². The van der Waals surface area contributed by atoms with Crippen molar-refractivity contribution in [1.82, 2.24) is 19.4 Å². The van der Waals surface area contributed by atoms with Crippen LogP contribution >= 0.6 is 0 Å². The van der Waals surface area contributed by atoms with Crippen molar-refractivity contribution in [2.75, 3.05) is 25.0 Å². The van der Waals surface area contributed by atoms with Gasteiger partial charge in [0.15, 0.2) is 0 Å². The number of likely N-dealkylation sites (N-methyl/N-ethyl adjacent to an activating group) is 1. The summed E-state index contributed by atoms with van der Waals surface area (Å²) >= 11 is 0. The molecule has 1 aromatic carbocycles. The Kier molecular flexibility index (Phi) is 7.29. The number of piperidine rings is 1. The van der Waals surface area contributed by atoms with E-state index in [1.165, 1.54) is 12.8 Å². The van der Waals surface area contributed by atoms with E-state index >= 15 is 0 Å². The van der Waals surface area contributed by atoms with Crippen LogP contribution in [0.3, 0.4) is 0 Å². The van der Waals surface area contributed by atoms with Gasteiger partial charge in [-0.25, -0.2) is 4.98 Å². The molecule has 0 radical (unpaired) electrons. The predicted molar refractivity (Wildman–Crippen MR) is 151 cm³/mol. The Morgan fingerprint density at radius 2 is 1.87 bits per heavy atom. The summed E-state index contributed by atoms with van der Waals surface area (Å²) in [5.74, 6) is 0.201. The Labute approximate surface area is 228 Å². The van der Waals surface area contributed by atoms with Crippen molar-refractivity contribution in [3.8, 4) is 0 Å². The first-order valence-corrected chi connectivity index (χ1v) is 14.6. The molecule has 0 unspecified atom stereocenters. The van der Waals surface area contributed by atoms with Crippen molar-refractivity contribution in [3.63, 3.8) is 0 Å². The topological polar surface area (TPSA) is 121 Å². The van der Waals surface area contributed by atoms with Gasteiger partial charge in [-0.2, -0.15) is 4.98 Å². The number of carboxylic acids is 1. The molecule has 9 heteroatoms. The number of nitrogens with one attached hydrogen (secondary N) is 1. The predicted octanol–water partition coefficient (Wildman–Crippen LogP) is 3.97. The second-order valence-electron chi connectivity index (χ2n) is 11.8. The molecule has 208 valence electrons. The first-order chi connectivity index (χ1) is 18.9. The minimum Gasteiger partial charge on any atom is -0.481 e. The van der Waals surface area contributed by atoms with Gasteiger partial charge in [-0.3, -0.25) is 14.2 Å². The molecular weight excluding hydrogens is 494 g/mol. The zero-order valence-electron chi connectivity index (χ0n) is 22.7. The van der Waals surface area contributed by atoms with Crippen molar-refractivity contribution in [2.24, 2.45) is 11.8 Å². The van der Waals surface area contributed by atoms with Crippen LogP contribution in [-0.4, -0.2) is 67.4 Å². The molecule has 2 saturated carbocycles. The third kappa shape index (κ3) is 5.39. The molecular formula is C30H39N5O4. The average Bonchev–Trinajstić information content (AvgIpc) is 3.77. The number of aliphatic hydroxyl groups excluding tert-OH is 1. The SMILES string of the molecule is CCN1CC[C@H](C(=O)O)C[C@H]1Cc1ccc2c(c1)c(=O)n(C1CCC(O)CC1)c1nc(NCC3CC3)ncc21. The highest BCUT2D eigenvalue weighted by atomic mass is 16.4. The lowest BCUT2D eigenvalue weighted by Gasteiger charge is -2.37. The van der Waals surface area contributed by atoms with Crippen LogP contribution in [0.15, 0.2) is 29.2 Å². The molecule has 0 bridgehead atoms. The van der Waals surface area contributed by atoms with Gasteiger partial charge in [0.25, 0.3) is 5.56 Å². The van der Waals surface area contributed by atoms with E-state index in [2.05, 4.69) is 28.2 Å². The van der Waals surface area contributed by atoms with Crippen molar-refractivity contribution in [3.05, 3.63) is 40.3 Å². The summed E-state index contributed by atoms with van der Waals surface area (Å²) < 4.78 is 1.86. The number of hydrogen-bond acceptors (Lipinski definition) is 7. The number of aliphatic carboxylic acids is 1. The maximum absolute atomic E-state index is 14.1. The van der Waals surface area contributed by atoms with Crippen molar-refractivity contribution < 1.29 is 15.0 Å². The van der Waals surface area contributed by atoms with Gasteiger partial charge in [-0.1, -0.05) is 19.1 Å². The molecule has 0 spiro atoms. The molecule has 2 aromatic heterocycles.